The minimum atomic E-state index is -3.55. The summed E-state index contributed by atoms with van der Waals surface area (Å²) >= 11 is 1.17. The molecule has 4 rings (SSSR count). The van der Waals surface area contributed by atoms with Crippen LogP contribution in [0.3, 0.4) is 0 Å². The number of thiazole rings is 1. The zero-order chi connectivity index (χ0) is 21.9. The van der Waals surface area contributed by atoms with E-state index in [4.69, 9.17) is 15.0 Å². The van der Waals surface area contributed by atoms with E-state index in [-0.39, 0.29) is 21.6 Å². The highest BCUT2D eigenvalue weighted by molar-refractivity contribution is 7.91. The molecule has 0 amide bonds. The molecular formula is C18H22N2O4S2. The third kappa shape index (κ3) is 3.21. The van der Waals surface area contributed by atoms with Gasteiger partial charge in [-0.2, -0.15) is 4.31 Å². The van der Waals surface area contributed by atoms with Crippen molar-refractivity contribution in [2.45, 2.75) is 36.8 Å². The number of fused-ring (bicyclic) bond motifs is 1. The fourth-order valence-electron chi connectivity index (χ4n) is 3.42. The minimum Gasteiger partial charge on any atom is -0.486 e. The number of aryl methyl sites for hydroxylation is 2. The number of piperidine rings is 1. The molecule has 2 aliphatic heterocycles. The van der Waals surface area contributed by atoms with Crippen LogP contribution in [0.25, 0.3) is 0 Å². The van der Waals surface area contributed by atoms with E-state index >= 15 is 0 Å². The third-order valence-electron chi connectivity index (χ3n) is 4.78. The Hall–Kier alpha value is -1.64. The normalized spacial score (nSPS) is 25.0. The van der Waals surface area contributed by atoms with Gasteiger partial charge in [-0.1, -0.05) is 0 Å². The fourth-order valence-corrected chi connectivity index (χ4v) is 6.16. The Labute approximate surface area is 163 Å². The second kappa shape index (κ2) is 6.83. The monoisotopic (exact) mass is 398 g/mol. The molecule has 0 unspecified atom stereocenters. The Morgan fingerprint density at radius 2 is 1.85 bits per heavy atom. The standard InChI is InChI=1S/C18H22N2O4S2/c1-12-9-16-17(24-8-7-23-16)10-15(12)14-3-5-20(6-4-14)26(21,22)18-11-19-13(2)25-18/h9-11,14H,3-8H2,1-2H3/i7D2,8D2. The van der Waals surface area contributed by atoms with Gasteiger partial charge in [0, 0.05) is 13.1 Å². The van der Waals surface area contributed by atoms with Gasteiger partial charge in [-0.25, -0.2) is 13.4 Å². The summed E-state index contributed by atoms with van der Waals surface area (Å²) in [6.07, 6.45) is 2.63. The van der Waals surface area contributed by atoms with Gasteiger partial charge in [0.1, 0.15) is 13.1 Å². The van der Waals surface area contributed by atoms with Crippen molar-refractivity contribution in [1.29, 1.82) is 0 Å². The van der Waals surface area contributed by atoms with E-state index in [1.165, 1.54) is 21.8 Å². The predicted octanol–water partition coefficient (Wildman–Crippen LogP) is 3.10. The third-order valence-corrected chi connectivity index (χ3v) is 8.03. The summed E-state index contributed by atoms with van der Waals surface area (Å²) < 4.78 is 68.8. The lowest BCUT2D eigenvalue weighted by Gasteiger charge is -2.32. The molecule has 8 heteroatoms. The Balaban J connectivity index is 1.53. The molecular weight excluding hydrogens is 372 g/mol. The van der Waals surface area contributed by atoms with E-state index in [9.17, 15) is 8.42 Å². The van der Waals surface area contributed by atoms with Crippen molar-refractivity contribution >= 4 is 21.4 Å². The second-order valence-electron chi connectivity index (χ2n) is 6.44. The highest BCUT2D eigenvalue weighted by atomic mass is 32.2. The van der Waals surface area contributed by atoms with Crippen LogP contribution in [0.4, 0.5) is 0 Å². The van der Waals surface area contributed by atoms with Crippen LogP contribution in [0.15, 0.2) is 22.5 Å². The summed E-state index contributed by atoms with van der Waals surface area (Å²) in [5.74, 6) is 0.404. The van der Waals surface area contributed by atoms with Crippen molar-refractivity contribution in [3.8, 4) is 11.5 Å². The molecule has 3 heterocycles. The van der Waals surface area contributed by atoms with Gasteiger partial charge in [0.05, 0.1) is 16.7 Å². The predicted molar refractivity (Wildman–Crippen MR) is 99.8 cm³/mol. The van der Waals surface area contributed by atoms with Crippen LogP contribution < -0.4 is 9.47 Å². The van der Waals surface area contributed by atoms with Crippen LogP contribution in [0.2, 0.25) is 0 Å². The fraction of sp³-hybridized carbons (Fsp3) is 0.500. The number of sulfonamides is 1. The summed E-state index contributed by atoms with van der Waals surface area (Å²) in [6, 6.07) is 3.35. The van der Waals surface area contributed by atoms with Gasteiger partial charge in [-0.15, -0.1) is 11.3 Å². The van der Waals surface area contributed by atoms with E-state index in [0.29, 0.717) is 30.9 Å². The number of ether oxygens (including phenoxy) is 2. The Morgan fingerprint density at radius 3 is 2.46 bits per heavy atom. The van der Waals surface area contributed by atoms with Gasteiger partial charge in [-0.05, 0) is 55.9 Å². The SMILES string of the molecule is [2H]C1([2H])Oc2cc(C)c(C3CCN(S(=O)(=O)c4cnc(C)s4)CC3)cc2OC1([2H])[2H]. The van der Waals surface area contributed by atoms with E-state index in [0.717, 1.165) is 11.1 Å². The topological polar surface area (TPSA) is 68.7 Å². The molecule has 1 aromatic heterocycles. The summed E-state index contributed by atoms with van der Waals surface area (Å²) in [6.45, 7) is -0.808. The van der Waals surface area contributed by atoms with Gasteiger partial charge < -0.3 is 9.47 Å². The van der Waals surface area contributed by atoms with Crippen LogP contribution in [0, 0.1) is 13.8 Å². The largest absolute Gasteiger partial charge is 0.486 e. The number of aromatic nitrogens is 1. The molecule has 0 saturated carbocycles. The van der Waals surface area contributed by atoms with Crippen molar-refractivity contribution in [1.82, 2.24) is 9.29 Å². The van der Waals surface area contributed by atoms with Crippen molar-refractivity contribution in [2.24, 2.45) is 0 Å². The number of rotatable bonds is 3. The van der Waals surface area contributed by atoms with E-state index in [1.807, 2.05) is 6.92 Å². The highest BCUT2D eigenvalue weighted by Crippen LogP contribution is 2.39. The lowest BCUT2D eigenvalue weighted by atomic mass is 9.87. The minimum absolute atomic E-state index is 0.0816. The molecule has 0 spiro atoms. The maximum absolute atomic E-state index is 12.8. The van der Waals surface area contributed by atoms with Crippen LogP contribution in [-0.4, -0.2) is 43.9 Å². The average Bonchev–Trinajstić information content (AvgIpc) is 3.10. The molecule has 0 N–H and O–H groups in total. The molecule has 0 aliphatic carbocycles. The van der Waals surface area contributed by atoms with Gasteiger partial charge in [-0.3, -0.25) is 0 Å². The molecule has 140 valence electrons. The Morgan fingerprint density at radius 1 is 1.19 bits per heavy atom. The van der Waals surface area contributed by atoms with Crippen LogP contribution in [-0.2, 0) is 10.0 Å². The van der Waals surface area contributed by atoms with Crippen molar-refractivity contribution in [2.75, 3.05) is 26.2 Å². The molecule has 2 aliphatic rings. The first-order valence-electron chi connectivity index (χ1n) is 10.4. The summed E-state index contributed by atoms with van der Waals surface area (Å²) in [5, 5.41) is 0.708. The molecule has 2 aromatic rings. The van der Waals surface area contributed by atoms with Crippen molar-refractivity contribution < 1.29 is 23.4 Å². The molecule has 1 fully saturated rings. The van der Waals surface area contributed by atoms with E-state index in [1.54, 1.807) is 19.1 Å². The summed E-state index contributed by atoms with van der Waals surface area (Å²) in [4.78, 5) is 4.04. The first-order valence-corrected chi connectivity index (χ1v) is 10.6. The quantitative estimate of drug-likeness (QED) is 0.795. The van der Waals surface area contributed by atoms with Gasteiger partial charge >= 0.3 is 0 Å². The maximum Gasteiger partial charge on any atom is 0.254 e. The highest BCUT2D eigenvalue weighted by Gasteiger charge is 2.32. The average molecular weight is 399 g/mol. The number of hydrogen-bond donors (Lipinski definition) is 0. The lowest BCUT2D eigenvalue weighted by molar-refractivity contribution is 0.171. The second-order valence-corrected chi connectivity index (χ2v) is 9.84. The first-order chi connectivity index (χ1) is 13.9. The van der Waals surface area contributed by atoms with Crippen molar-refractivity contribution in [3.05, 3.63) is 34.5 Å². The van der Waals surface area contributed by atoms with Crippen LogP contribution in [0.5, 0.6) is 11.5 Å². The van der Waals surface area contributed by atoms with E-state index in [2.05, 4.69) is 4.98 Å². The molecule has 26 heavy (non-hydrogen) atoms. The van der Waals surface area contributed by atoms with Crippen LogP contribution >= 0.6 is 11.3 Å². The molecule has 1 aromatic carbocycles. The zero-order valence-electron chi connectivity index (χ0n) is 18.5. The molecule has 6 nitrogen and oxygen atoms in total. The molecule has 0 atom stereocenters. The Bertz CT molecular complexity index is 1080. The summed E-state index contributed by atoms with van der Waals surface area (Å²) in [5.41, 5.74) is 1.80. The zero-order valence-corrected chi connectivity index (χ0v) is 16.1. The van der Waals surface area contributed by atoms with E-state index < -0.39 is 23.1 Å². The lowest BCUT2D eigenvalue weighted by Crippen LogP contribution is -2.37. The Kier molecular flexibility index (Phi) is 3.55. The first kappa shape index (κ1) is 13.5. The summed E-state index contributed by atoms with van der Waals surface area (Å²) in [7, 11) is -3.55. The van der Waals surface area contributed by atoms with Crippen molar-refractivity contribution in [3.63, 3.8) is 0 Å². The van der Waals surface area contributed by atoms with Gasteiger partial charge in [0.2, 0.25) is 0 Å². The molecule has 1 saturated heterocycles. The van der Waals surface area contributed by atoms with Crippen LogP contribution in [0.1, 0.15) is 40.4 Å². The maximum atomic E-state index is 12.8. The number of nitrogens with zero attached hydrogens (tertiary/aromatic N) is 2. The van der Waals surface area contributed by atoms with Gasteiger partial charge in [0.25, 0.3) is 10.0 Å². The smallest absolute Gasteiger partial charge is 0.254 e. The van der Waals surface area contributed by atoms with Gasteiger partial charge in [0.15, 0.2) is 15.7 Å². The molecule has 0 radical (unpaired) electrons. The number of benzene rings is 1. The molecule has 0 bridgehead atoms. The number of hydrogen-bond acceptors (Lipinski definition) is 6.